The number of aromatic nitrogens is 1. The van der Waals surface area contributed by atoms with Gasteiger partial charge in [0.15, 0.2) is 5.82 Å². The van der Waals surface area contributed by atoms with Gasteiger partial charge in [0.25, 0.3) is 0 Å². The predicted molar refractivity (Wildman–Crippen MR) is 74.6 cm³/mol. The second-order valence-electron chi connectivity index (χ2n) is 4.59. The van der Waals surface area contributed by atoms with Crippen molar-refractivity contribution < 1.29 is 32.3 Å². The summed E-state index contributed by atoms with van der Waals surface area (Å²) in [6, 6.07) is 2.64. The molecule has 2 rings (SSSR count). The van der Waals surface area contributed by atoms with Crippen molar-refractivity contribution in [3.63, 3.8) is 0 Å². The van der Waals surface area contributed by atoms with Crippen LogP contribution in [0, 0.1) is 0 Å². The summed E-state index contributed by atoms with van der Waals surface area (Å²) >= 11 is 0. The van der Waals surface area contributed by atoms with Crippen molar-refractivity contribution in [3.05, 3.63) is 29.3 Å². The second-order valence-corrected chi connectivity index (χ2v) is 4.59. The maximum atomic E-state index is 12.9. The largest absolute Gasteiger partial charge is 0.462 e. The van der Waals surface area contributed by atoms with E-state index in [1.165, 1.54) is 0 Å². The number of rotatable bonds is 3. The molecule has 9 heteroatoms. The van der Waals surface area contributed by atoms with Gasteiger partial charge in [-0.15, -0.1) is 0 Å². The number of esters is 1. The van der Waals surface area contributed by atoms with Crippen LogP contribution in [0.3, 0.4) is 0 Å². The maximum Gasteiger partial charge on any atom is 0.416 e. The highest BCUT2D eigenvalue weighted by atomic mass is 19.4. The Morgan fingerprint density at radius 1 is 1.30 bits per heavy atom. The molecule has 124 valence electrons. The molecule has 0 unspecified atom stereocenters. The van der Waals surface area contributed by atoms with Crippen LogP contribution in [0.2, 0.25) is 0 Å². The van der Waals surface area contributed by atoms with E-state index in [0.717, 1.165) is 25.1 Å². The standard InChI is InChI=1S/C14H13F3N2O4/c1-3-22-13(21)11-9-5-4-8(14(15,16)17)6-10(9)19(12(11)18)23-7(2)20/h4-6H,3,18H2,1-2H3. The van der Waals surface area contributed by atoms with Crippen LogP contribution in [-0.4, -0.2) is 23.3 Å². The van der Waals surface area contributed by atoms with Crippen LogP contribution in [0.4, 0.5) is 19.0 Å². The van der Waals surface area contributed by atoms with Gasteiger partial charge in [0.05, 0.1) is 17.7 Å². The summed E-state index contributed by atoms with van der Waals surface area (Å²) in [5.41, 5.74) is 4.48. The third-order valence-corrected chi connectivity index (χ3v) is 2.99. The zero-order chi connectivity index (χ0) is 17.4. The summed E-state index contributed by atoms with van der Waals surface area (Å²) in [6.45, 7) is 2.68. The highest BCUT2D eigenvalue weighted by molar-refractivity contribution is 6.09. The summed E-state index contributed by atoms with van der Waals surface area (Å²) in [5.74, 6) is -1.94. The van der Waals surface area contributed by atoms with Crippen LogP contribution in [0.25, 0.3) is 10.9 Å². The summed E-state index contributed by atoms with van der Waals surface area (Å²) < 4.78 is 44.1. The van der Waals surface area contributed by atoms with Crippen LogP contribution >= 0.6 is 0 Å². The lowest BCUT2D eigenvalue weighted by molar-refractivity contribution is -0.140. The lowest BCUT2D eigenvalue weighted by Gasteiger charge is -2.08. The smallest absolute Gasteiger partial charge is 0.416 e. The third kappa shape index (κ3) is 3.08. The lowest BCUT2D eigenvalue weighted by atomic mass is 10.1. The molecule has 0 fully saturated rings. The SMILES string of the molecule is CCOC(=O)c1c(N)n(OC(C)=O)c2cc(C(F)(F)F)ccc12. The van der Waals surface area contributed by atoms with Gasteiger partial charge in [0.2, 0.25) is 0 Å². The van der Waals surface area contributed by atoms with Crippen molar-refractivity contribution in [3.8, 4) is 0 Å². The van der Waals surface area contributed by atoms with E-state index >= 15 is 0 Å². The number of nitrogens with zero attached hydrogens (tertiary/aromatic N) is 1. The topological polar surface area (TPSA) is 83.6 Å². The molecule has 0 saturated carbocycles. The van der Waals surface area contributed by atoms with Crippen LogP contribution in [0.5, 0.6) is 0 Å². The van der Waals surface area contributed by atoms with E-state index in [4.69, 9.17) is 15.3 Å². The summed E-state index contributed by atoms with van der Waals surface area (Å²) in [7, 11) is 0. The van der Waals surface area contributed by atoms with Crippen LogP contribution in [0.15, 0.2) is 18.2 Å². The first-order valence-corrected chi connectivity index (χ1v) is 6.54. The second kappa shape index (κ2) is 5.82. The van der Waals surface area contributed by atoms with Gasteiger partial charge in [0, 0.05) is 12.3 Å². The monoisotopic (exact) mass is 330 g/mol. The fourth-order valence-electron chi connectivity index (χ4n) is 2.10. The number of hydrogen-bond donors (Lipinski definition) is 1. The molecule has 2 aromatic rings. The number of halogens is 3. The normalized spacial score (nSPS) is 11.5. The number of carbonyl (C=O) groups excluding carboxylic acids is 2. The maximum absolute atomic E-state index is 12.9. The molecule has 0 aliphatic heterocycles. The molecule has 0 spiro atoms. The Labute approximate surface area is 128 Å². The minimum absolute atomic E-state index is 0.0547. The number of anilines is 1. The third-order valence-electron chi connectivity index (χ3n) is 2.99. The summed E-state index contributed by atoms with van der Waals surface area (Å²) in [4.78, 5) is 28.0. The molecule has 2 N–H and O–H groups in total. The van der Waals surface area contributed by atoms with Crippen LogP contribution in [-0.2, 0) is 15.7 Å². The molecule has 1 aromatic heterocycles. The van der Waals surface area contributed by atoms with Crippen molar-refractivity contribution in [2.75, 3.05) is 12.3 Å². The molecule has 0 aliphatic rings. The Kier molecular flexibility index (Phi) is 4.22. The van der Waals surface area contributed by atoms with Gasteiger partial charge in [-0.3, -0.25) is 0 Å². The van der Waals surface area contributed by atoms with E-state index in [2.05, 4.69) is 0 Å². The molecule has 0 saturated heterocycles. The molecule has 1 aromatic carbocycles. The fourth-order valence-corrected chi connectivity index (χ4v) is 2.10. The van der Waals surface area contributed by atoms with Gasteiger partial charge >= 0.3 is 18.1 Å². The highest BCUT2D eigenvalue weighted by Gasteiger charge is 2.32. The zero-order valence-electron chi connectivity index (χ0n) is 12.2. The molecular formula is C14H13F3N2O4. The lowest BCUT2D eigenvalue weighted by Crippen LogP contribution is -2.19. The Hall–Kier alpha value is -2.71. The molecule has 0 amide bonds. The summed E-state index contributed by atoms with van der Waals surface area (Å²) in [5, 5.41) is 0.0928. The molecular weight excluding hydrogens is 317 g/mol. The molecule has 0 aliphatic carbocycles. The number of hydrogen-bond acceptors (Lipinski definition) is 5. The van der Waals surface area contributed by atoms with Gasteiger partial charge in [0.1, 0.15) is 5.56 Å². The number of carbonyl (C=O) groups is 2. The average Bonchev–Trinajstić information content (AvgIpc) is 2.70. The molecule has 6 nitrogen and oxygen atoms in total. The van der Waals surface area contributed by atoms with Crippen molar-refractivity contribution >= 4 is 28.7 Å². The van der Waals surface area contributed by atoms with Gasteiger partial charge in [-0.25, -0.2) is 9.59 Å². The molecule has 1 heterocycles. The zero-order valence-corrected chi connectivity index (χ0v) is 12.2. The van der Waals surface area contributed by atoms with Crippen LogP contribution in [0.1, 0.15) is 29.8 Å². The van der Waals surface area contributed by atoms with E-state index in [0.29, 0.717) is 4.73 Å². The Morgan fingerprint density at radius 3 is 2.48 bits per heavy atom. The molecule has 0 bridgehead atoms. The summed E-state index contributed by atoms with van der Waals surface area (Å²) in [6.07, 6.45) is -4.60. The first kappa shape index (κ1) is 16.7. The quantitative estimate of drug-likeness (QED) is 0.874. The Balaban J connectivity index is 2.76. The molecule has 23 heavy (non-hydrogen) atoms. The van der Waals surface area contributed by atoms with Crippen molar-refractivity contribution in [2.45, 2.75) is 20.0 Å². The minimum Gasteiger partial charge on any atom is -0.462 e. The number of alkyl halides is 3. The highest BCUT2D eigenvalue weighted by Crippen LogP contribution is 2.35. The van der Waals surface area contributed by atoms with E-state index in [1.807, 2.05) is 0 Å². The van der Waals surface area contributed by atoms with Gasteiger partial charge < -0.3 is 15.3 Å². The van der Waals surface area contributed by atoms with E-state index < -0.39 is 23.7 Å². The Bertz CT molecular complexity index is 780. The number of nitrogen functional groups attached to an aromatic ring is 1. The van der Waals surface area contributed by atoms with Crippen molar-refractivity contribution in [1.82, 2.24) is 4.73 Å². The van der Waals surface area contributed by atoms with Gasteiger partial charge in [-0.05, 0) is 19.1 Å². The van der Waals surface area contributed by atoms with Gasteiger partial charge in [-0.1, -0.05) is 6.07 Å². The average molecular weight is 330 g/mol. The minimum atomic E-state index is -4.60. The first-order valence-electron chi connectivity index (χ1n) is 6.54. The van der Waals surface area contributed by atoms with Crippen molar-refractivity contribution in [1.29, 1.82) is 0 Å². The number of nitrogens with two attached hydrogens (primary N) is 1. The van der Waals surface area contributed by atoms with Crippen LogP contribution < -0.4 is 10.6 Å². The molecule has 0 atom stereocenters. The predicted octanol–water partition coefficient (Wildman–Crippen LogP) is 2.39. The fraction of sp³-hybridized carbons (Fsp3) is 0.286. The van der Waals surface area contributed by atoms with Gasteiger partial charge in [-0.2, -0.15) is 17.9 Å². The number of fused-ring (bicyclic) bond motifs is 1. The Morgan fingerprint density at radius 2 is 1.96 bits per heavy atom. The van der Waals surface area contributed by atoms with E-state index in [1.54, 1.807) is 6.92 Å². The van der Waals surface area contributed by atoms with Crippen molar-refractivity contribution in [2.24, 2.45) is 0 Å². The first-order chi connectivity index (χ1) is 10.7. The van der Waals surface area contributed by atoms with E-state index in [9.17, 15) is 22.8 Å². The number of ether oxygens (including phenoxy) is 1. The number of benzene rings is 1. The molecule has 0 radical (unpaired) electrons. The van der Waals surface area contributed by atoms with E-state index in [-0.39, 0.29) is 28.9 Å².